The van der Waals surface area contributed by atoms with Crippen molar-refractivity contribution in [3.63, 3.8) is 0 Å². The molecule has 3 aromatic carbocycles. The maximum atomic E-state index is 13.4. The van der Waals surface area contributed by atoms with Gasteiger partial charge in [-0.25, -0.2) is 0 Å². The van der Waals surface area contributed by atoms with Crippen molar-refractivity contribution in [2.45, 2.75) is 26.3 Å². The van der Waals surface area contributed by atoms with Crippen LogP contribution in [0.3, 0.4) is 0 Å². The predicted molar refractivity (Wildman–Crippen MR) is 115 cm³/mol. The Labute approximate surface area is 175 Å². The SMILES string of the molecule is Cc1ccc(C)c(NC(=O)C(Cc2ccccc2)N2C(=O)c3ccccc3C2=O)c1. The fourth-order valence-electron chi connectivity index (χ4n) is 3.72. The Bertz CT molecular complexity index is 1100. The van der Waals surface area contributed by atoms with Gasteiger partial charge in [-0.2, -0.15) is 0 Å². The lowest BCUT2D eigenvalue weighted by Gasteiger charge is -2.26. The number of carbonyl (C=O) groups excluding carboxylic acids is 3. The molecule has 0 bridgehead atoms. The minimum Gasteiger partial charge on any atom is -0.324 e. The van der Waals surface area contributed by atoms with Crippen molar-refractivity contribution >= 4 is 23.4 Å². The monoisotopic (exact) mass is 398 g/mol. The molecule has 1 N–H and O–H groups in total. The van der Waals surface area contributed by atoms with Crippen molar-refractivity contribution < 1.29 is 14.4 Å². The standard InChI is InChI=1S/C25H22N2O3/c1-16-12-13-17(2)21(14-16)26-23(28)22(15-18-8-4-3-5-9-18)27-24(29)19-10-6-7-11-20(19)25(27)30/h3-14,22H,15H2,1-2H3,(H,26,28). The molecule has 0 radical (unpaired) electrons. The van der Waals surface area contributed by atoms with Gasteiger partial charge in [0.05, 0.1) is 11.1 Å². The summed E-state index contributed by atoms with van der Waals surface area (Å²) >= 11 is 0. The first kappa shape index (κ1) is 19.6. The molecule has 1 heterocycles. The van der Waals surface area contributed by atoms with Gasteiger partial charge in [-0.15, -0.1) is 0 Å². The highest BCUT2D eigenvalue weighted by Crippen LogP contribution is 2.27. The van der Waals surface area contributed by atoms with E-state index in [2.05, 4.69) is 5.32 Å². The molecule has 5 heteroatoms. The van der Waals surface area contributed by atoms with Gasteiger partial charge in [0.1, 0.15) is 6.04 Å². The van der Waals surface area contributed by atoms with E-state index < -0.39 is 17.9 Å². The molecule has 1 aliphatic heterocycles. The Balaban J connectivity index is 1.70. The van der Waals surface area contributed by atoms with Gasteiger partial charge in [0.2, 0.25) is 5.91 Å². The Morgan fingerprint density at radius 3 is 2.10 bits per heavy atom. The summed E-state index contributed by atoms with van der Waals surface area (Å²) in [5.41, 5.74) is 4.14. The molecule has 4 rings (SSSR count). The summed E-state index contributed by atoms with van der Waals surface area (Å²) in [7, 11) is 0. The normalized spacial score (nSPS) is 13.9. The average Bonchev–Trinajstić information content (AvgIpc) is 3.00. The Morgan fingerprint density at radius 1 is 0.867 bits per heavy atom. The van der Waals surface area contributed by atoms with Crippen LogP contribution in [0.5, 0.6) is 0 Å². The van der Waals surface area contributed by atoms with Gasteiger partial charge in [0.25, 0.3) is 11.8 Å². The second kappa shape index (κ2) is 7.95. The fourth-order valence-corrected chi connectivity index (χ4v) is 3.72. The van der Waals surface area contributed by atoms with Crippen LogP contribution in [0.25, 0.3) is 0 Å². The van der Waals surface area contributed by atoms with Crippen LogP contribution in [0.4, 0.5) is 5.69 Å². The van der Waals surface area contributed by atoms with Crippen LogP contribution in [-0.4, -0.2) is 28.7 Å². The lowest BCUT2D eigenvalue weighted by Crippen LogP contribution is -2.48. The number of carbonyl (C=O) groups is 3. The summed E-state index contributed by atoms with van der Waals surface area (Å²) in [6.45, 7) is 3.85. The molecule has 0 saturated heterocycles. The van der Waals surface area contributed by atoms with Crippen molar-refractivity contribution in [1.82, 2.24) is 4.90 Å². The van der Waals surface area contributed by atoms with Crippen molar-refractivity contribution in [2.24, 2.45) is 0 Å². The highest BCUT2D eigenvalue weighted by atomic mass is 16.2. The van der Waals surface area contributed by atoms with Crippen molar-refractivity contribution in [1.29, 1.82) is 0 Å². The van der Waals surface area contributed by atoms with E-state index in [1.807, 2.05) is 62.4 Å². The largest absolute Gasteiger partial charge is 0.324 e. The number of imide groups is 1. The Kier molecular flexibility index (Phi) is 5.19. The van der Waals surface area contributed by atoms with Crippen LogP contribution >= 0.6 is 0 Å². The molecular weight excluding hydrogens is 376 g/mol. The molecule has 1 unspecified atom stereocenters. The van der Waals surface area contributed by atoms with Crippen LogP contribution in [-0.2, 0) is 11.2 Å². The molecule has 5 nitrogen and oxygen atoms in total. The highest BCUT2D eigenvalue weighted by Gasteiger charge is 2.42. The van der Waals surface area contributed by atoms with E-state index >= 15 is 0 Å². The zero-order chi connectivity index (χ0) is 21.3. The highest BCUT2D eigenvalue weighted by molar-refractivity contribution is 6.23. The average molecular weight is 398 g/mol. The first-order valence-corrected chi connectivity index (χ1v) is 9.84. The van der Waals surface area contributed by atoms with Crippen molar-refractivity contribution in [3.05, 3.63) is 101 Å². The second-order valence-electron chi connectivity index (χ2n) is 7.54. The zero-order valence-electron chi connectivity index (χ0n) is 16.9. The second-order valence-corrected chi connectivity index (χ2v) is 7.54. The number of anilines is 1. The van der Waals surface area contributed by atoms with Crippen molar-refractivity contribution in [2.75, 3.05) is 5.32 Å². The number of aryl methyl sites for hydroxylation is 2. The number of nitrogens with one attached hydrogen (secondary N) is 1. The van der Waals surface area contributed by atoms with E-state index in [1.54, 1.807) is 24.3 Å². The summed E-state index contributed by atoms with van der Waals surface area (Å²) in [5.74, 6) is -1.26. The van der Waals surface area contributed by atoms with Gasteiger partial charge in [-0.05, 0) is 48.7 Å². The maximum absolute atomic E-state index is 13.4. The first-order chi connectivity index (χ1) is 14.5. The molecule has 0 saturated carbocycles. The van der Waals surface area contributed by atoms with E-state index in [0.29, 0.717) is 16.8 Å². The van der Waals surface area contributed by atoms with Gasteiger partial charge in [0.15, 0.2) is 0 Å². The molecule has 0 aromatic heterocycles. The molecule has 30 heavy (non-hydrogen) atoms. The third kappa shape index (κ3) is 3.62. The number of rotatable bonds is 5. The van der Waals surface area contributed by atoms with E-state index in [0.717, 1.165) is 21.6 Å². The van der Waals surface area contributed by atoms with Crippen molar-refractivity contribution in [3.8, 4) is 0 Å². The Morgan fingerprint density at radius 2 is 1.47 bits per heavy atom. The number of hydrogen-bond acceptors (Lipinski definition) is 3. The summed E-state index contributed by atoms with van der Waals surface area (Å²) in [4.78, 5) is 40.5. The van der Waals surface area contributed by atoms with E-state index in [1.165, 1.54) is 0 Å². The molecule has 3 amide bonds. The van der Waals surface area contributed by atoms with Crippen LogP contribution in [0, 0.1) is 13.8 Å². The number of fused-ring (bicyclic) bond motifs is 1. The van der Waals surface area contributed by atoms with Gasteiger partial charge in [-0.3, -0.25) is 19.3 Å². The summed E-state index contributed by atoms with van der Waals surface area (Å²) < 4.78 is 0. The molecule has 1 aliphatic rings. The number of amides is 3. The minimum atomic E-state index is -0.959. The van der Waals surface area contributed by atoms with Gasteiger partial charge in [0, 0.05) is 12.1 Å². The van der Waals surface area contributed by atoms with E-state index in [9.17, 15) is 14.4 Å². The molecule has 3 aromatic rings. The summed E-state index contributed by atoms with van der Waals surface area (Å²) in [6.07, 6.45) is 0.239. The summed E-state index contributed by atoms with van der Waals surface area (Å²) in [6, 6.07) is 20.9. The maximum Gasteiger partial charge on any atom is 0.262 e. The molecule has 0 fully saturated rings. The van der Waals surface area contributed by atoms with Gasteiger partial charge < -0.3 is 5.32 Å². The molecule has 1 atom stereocenters. The lowest BCUT2D eigenvalue weighted by atomic mass is 10.0. The van der Waals surface area contributed by atoms with E-state index in [4.69, 9.17) is 0 Å². The van der Waals surface area contributed by atoms with Crippen LogP contribution < -0.4 is 5.32 Å². The molecule has 0 aliphatic carbocycles. The quantitative estimate of drug-likeness (QED) is 0.657. The molecule has 0 spiro atoms. The summed E-state index contributed by atoms with van der Waals surface area (Å²) in [5, 5.41) is 2.93. The Hall–Kier alpha value is -3.73. The number of benzene rings is 3. The number of hydrogen-bond donors (Lipinski definition) is 1. The van der Waals surface area contributed by atoms with E-state index in [-0.39, 0.29) is 12.3 Å². The smallest absolute Gasteiger partial charge is 0.262 e. The van der Waals surface area contributed by atoms with Gasteiger partial charge >= 0.3 is 0 Å². The first-order valence-electron chi connectivity index (χ1n) is 9.84. The molecule has 150 valence electrons. The van der Waals surface area contributed by atoms with Gasteiger partial charge in [-0.1, -0.05) is 54.6 Å². The van der Waals surface area contributed by atoms with Crippen LogP contribution in [0.15, 0.2) is 72.8 Å². The topological polar surface area (TPSA) is 66.5 Å². The molecular formula is C25H22N2O3. The van der Waals surface area contributed by atoms with Crippen LogP contribution in [0.2, 0.25) is 0 Å². The third-order valence-corrected chi connectivity index (χ3v) is 5.36. The fraction of sp³-hybridized carbons (Fsp3) is 0.160. The zero-order valence-corrected chi connectivity index (χ0v) is 16.9. The third-order valence-electron chi connectivity index (χ3n) is 5.36. The lowest BCUT2D eigenvalue weighted by molar-refractivity contribution is -0.119. The minimum absolute atomic E-state index is 0.239. The predicted octanol–water partition coefficient (Wildman–Crippen LogP) is 4.15. The van der Waals surface area contributed by atoms with Crippen LogP contribution in [0.1, 0.15) is 37.4 Å². The number of nitrogens with zero attached hydrogens (tertiary/aromatic N) is 1.